The lowest BCUT2D eigenvalue weighted by molar-refractivity contribution is 0.460. The van der Waals surface area contributed by atoms with E-state index in [4.69, 9.17) is 4.42 Å². The highest BCUT2D eigenvalue weighted by Gasteiger charge is 2.20. The van der Waals surface area contributed by atoms with Gasteiger partial charge in [-0.1, -0.05) is 15.9 Å². The minimum atomic E-state index is -0.257. The second kappa shape index (κ2) is 5.85. The molecule has 0 unspecified atom stereocenters. The Balaban J connectivity index is 0.000000174. The molecule has 0 radical (unpaired) electrons. The van der Waals surface area contributed by atoms with Crippen molar-refractivity contribution in [3.8, 4) is 0 Å². The molecule has 22 heavy (non-hydrogen) atoms. The summed E-state index contributed by atoms with van der Waals surface area (Å²) < 4.78 is 6.34. The summed E-state index contributed by atoms with van der Waals surface area (Å²) in [6.45, 7) is 5.72. The van der Waals surface area contributed by atoms with Crippen molar-refractivity contribution in [3.63, 3.8) is 0 Å². The van der Waals surface area contributed by atoms with Crippen molar-refractivity contribution >= 4 is 38.0 Å². The van der Waals surface area contributed by atoms with Gasteiger partial charge in [-0.15, -0.1) is 0 Å². The first kappa shape index (κ1) is 15.2. The molecular weight excluding hydrogens is 346 g/mol. The standard InChI is InChI=1S/C10H5BrN2O2.C6H13N/c11-5-1-2-7-6(3-5)8-9(15-7)10(14)13-4-12-8;1-6(2)4-3-5-7-6/h1-4H,(H,12,13,14);7H,3-5H2,1-2H3. The van der Waals surface area contributed by atoms with E-state index in [9.17, 15) is 4.79 Å². The zero-order valence-electron chi connectivity index (χ0n) is 12.6. The van der Waals surface area contributed by atoms with E-state index in [0.717, 1.165) is 9.86 Å². The topological polar surface area (TPSA) is 70.9 Å². The molecule has 116 valence electrons. The molecule has 5 nitrogen and oxygen atoms in total. The number of benzene rings is 1. The Morgan fingerprint density at radius 3 is 2.82 bits per heavy atom. The fourth-order valence-electron chi connectivity index (χ4n) is 2.61. The summed E-state index contributed by atoms with van der Waals surface area (Å²) >= 11 is 3.37. The summed E-state index contributed by atoms with van der Waals surface area (Å²) in [5.41, 5.74) is 1.71. The highest BCUT2D eigenvalue weighted by atomic mass is 79.9. The predicted molar refractivity (Wildman–Crippen MR) is 91.2 cm³/mol. The van der Waals surface area contributed by atoms with E-state index >= 15 is 0 Å². The molecule has 1 fully saturated rings. The number of aromatic amines is 1. The van der Waals surface area contributed by atoms with E-state index in [0.29, 0.717) is 16.6 Å². The Morgan fingerprint density at radius 1 is 1.36 bits per heavy atom. The van der Waals surface area contributed by atoms with Gasteiger partial charge in [0.2, 0.25) is 5.58 Å². The van der Waals surface area contributed by atoms with E-state index in [1.54, 1.807) is 6.07 Å². The highest BCUT2D eigenvalue weighted by molar-refractivity contribution is 9.10. The first-order valence-electron chi connectivity index (χ1n) is 7.27. The maximum atomic E-state index is 11.4. The Labute approximate surface area is 136 Å². The van der Waals surface area contributed by atoms with E-state index in [1.165, 1.54) is 25.7 Å². The number of hydrogen-bond donors (Lipinski definition) is 2. The number of H-pyrrole nitrogens is 1. The van der Waals surface area contributed by atoms with Crippen LogP contribution >= 0.6 is 15.9 Å². The van der Waals surface area contributed by atoms with Gasteiger partial charge in [0.25, 0.3) is 5.56 Å². The number of rotatable bonds is 0. The molecule has 2 N–H and O–H groups in total. The molecule has 0 spiro atoms. The van der Waals surface area contributed by atoms with Crippen molar-refractivity contribution in [3.05, 3.63) is 39.4 Å². The zero-order chi connectivity index (χ0) is 15.7. The molecule has 1 saturated heterocycles. The molecule has 0 bridgehead atoms. The van der Waals surface area contributed by atoms with Gasteiger partial charge in [0.05, 0.1) is 6.33 Å². The van der Waals surface area contributed by atoms with Crippen LogP contribution in [0.4, 0.5) is 0 Å². The van der Waals surface area contributed by atoms with Crippen LogP contribution in [-0.4, -0.2) is 22.1 Å². The fraction of sp³-hybridized carbons (Fsp3) is 0.375. The van der Waals surface area contributed by atoms with Crippen molar-refractivity contribution in [2.75, 3.05) is 6.54 Å². The van der Waals surface area contributed by atoms with E-state index in [2.05, 4.69) is 45.1 Å². The minimum Gasteiger partial charge on any atom is -0.449 e. The molecule has 6 heteroatoms. The van der Waals surface area contributed by atoms with Gasteiger partial charge in [0.15, 0.2) is 0 Å². The summed E-state index contributed by atoms with van der Waals surface area (Å²) in [4.78, 5) is 18.0. The van der Waals surface area contributed by atoms with Crippen LogP contribution in [0.15, 0.2) is 38.2 Å². The van der Waals surface area contributed by atoms with Crippen molar-refractivity contribution in [1.29, 1.82) is 0 Å². The Morgan fingerprint density at radius 2 is 2.18 bits per heavy atom. The summed E-state index contributed by atoms with van der Waals surface area (Å²) in [5, 5.41) is 4.23. The summed E-state index contributed by atoms with van der Waals surface area (Å²) in [6, 6.07) is 5.55. The number of furan rings is 1. The van der Waals surface area contributed by atoms with Crippen molar-refractivity contribution < 1.29 is 4.42 Å². The number of hydrogen-bond acceptors (Lipinski definition) is 4. The Bertz CT molecular complexity index is 859. The summed E-state index contributed by atoms with van der Waals surface area (Å²) in [7, 11) is 0. The summed E-state index contributed by atoms with van der Waals surface area (Å²) in [5.74, 6) is 0. The second-order valence-electron chi connectivity index (χ2n) is 6.07. The maximum absolute atomic E-state index is 11.4. The molecule has 1 aliphatic rings. The monoisotopic (exact) mass is 363 g/mol. The van der Waals surface area contributed by atoms with Crippen LogP contribution in [0.25, 0.3) is 22.1 Å². The molecule has 0 amide bonds. The van der Waals surface area contributed by atoms with Crippen LogP contribution in [0.3, 0.4) is 0 Å². The zero-order valence-corrected chi connectivity index (χ0v) is 14.2. The first-order valence-corrected chi connectivity index (χ1v) is 8.06. The van der Waals surface area contributed by atoms with Crippen molar-refractivity contribution in [2.24, 2.45) is 0 Å². The molecule has 3 aromatic rings. The lowest BCUT2D eigenvalue weighted by Gasteiger charge is -2.15. The van der Waals surface area contributed by atoms with Crippen LogP contribution in [-0.2, 0) is 0 Å². The van der Waals surface area contributed by atoms with Gasteiger partial charge in [0.1, 0.15) is 11.1 Å². The number of nitrogens with one attached hydrogen (secondary N) is 2. The van der Waals surface area contributed by atoms with Gasteiger partial charge < -0.3 is 14.7 Å². The molecule has 0 aliphatic carbocycles. The average Bonchev–Trinajstić information content (AvgIpc) is 3.04. The van der Waals surface area contributed by atoms with Gasteiger partial charge >= 0.3 is 0 Å². The van der Waals surface area contributed by atoms with Gasteiger partial charge in [-0.3, -0.25) is 4.79 Å². The lowest BCUT2D eigenvalue weighted by atomic mass is 10.0. The molecule has 0 saturated carbocycles. The predicted octanol–water partition coefficient (Wildman–Crippen LogP) is 3.58. The van der Waals surface area contributed by atoms with Crippen molar-refractivity contribution in [2.45, 2.75) is 32.2 Å². The minimum absolute atomic E-state index is 0.257. The third-order valence-corrected chi connectivity index (χ3v) is 4.29. The quantitative estimate of drug-likeness (QED) is 0.640. The number of halogens is 1. The average molecular weight is 364 g/mol. The molecule has 1 aliphatic heterocycles. The Hall–Kier alpha value is -1.66. The molecule has 4 rings (SSSR count). The first-order chi connectivity index (χ1) is 10.5. The lowest BCUT2D eigenvalue weighted by Crippen LogP contribution is -2.31. The third kappa shape index (κ3) is 3.08. The van der Waals surface area contributed by atoms with Gasteiger partial charge in [0, 0.05) is 15.4 Å². The van der Waals surface area contributed by atoms with Crippen LogP contribution in [0.1, 0.15) is 26.7 Å². The van der Waals surface area contributed by atoms with Gasteiger partial charge in [-0.05, 0) is 51.4 Å². The maximum Gasteiger partial charge on any atom is 0.294 e. The van der Waals surface area contributed by atoms with E-state index in [-0.39, 0.29) is 11.1 Å². The Kier molecular flexibility index (Phi) is 4.06. The number of nitrogens with zero attached hydrogens (tertiary/aromatic N) is 1. The van der Waals surface area contributed by atoms with Gasteiger partial charge in [-0.2, -0.15) is 0 Å². The van der Waals surface area contributed by atoms with Gasteiger partial charge in [-0.25, -0.2) is 4.98 Å². The number of aromatic nitrogens is 2. The normalized spacial score (nSPS) is 16.7. The van der Waals surface area contributed by atoms with Crippen LogP contribution in [0.5, 0.6) is 0 Å². The smallest absolute Gasteiger partial charge is 0.294 e. The van der Waals surface area contributed by atoms with Crippen LogP contribution < -0.4 is 10.9 Å². The fourth-order valence-corrected chi connectivity index (χ4v) is 2.97. The van der Waals surface area contributed by atoms with Crippen LogP contribution in [0.2, 0.25) is 0 Å². The largest absolute Gasteiger partial charge is 0.449 e. The van der Waals surface area contributed by atoms with Crippen LogP contribution in [0, 0.1) is 0 Å². The highest BCUT2D eigenvalue weighted by Crippen LogP contribution is 2.27. The molecule has 2 aromatic heterocycles. The van der Waals surface area contributed by atoms with E-state index in [1.807, 2.05) is 12.1 Å². The summed E-state index contributed by atoms with van der Waals surface area (Å²) in [6.07, 6.45) is 4.07. The SMILES string of the molecule is CC1(C)CCCN1.O=c1[nH]cnc2c1oc1ccc(Br)cc12. The van der Waals surface area contributed by atoms with Crippen molar-refractivity contribution in [1.82, 2.24) is 15.3 Å². The molecular formula is C16H18BrN3O2. The second-order valence-corrected chi connectivity index (χ2v) is 6.98. The third-order valence-electron chi connectivity index (χ3n) is 3.80. The van der Waals surface area contributed by atoms with E-state index < -0.39 is 0 Å². The number of fused-ring (bicyclic) bond motifs is 3. The molecule has 3 heterocycles. The molecule has 1 aromatic carbocycles. The molecule has 0 atom stereocenters.